The second-order valence-corrected chi connectivity index (χ2v) is 6.21. The fourth-order valence-electron chi connectivity index (χ4n) is 3.16. The highest BCUT2D eigenvalue weighted by molar-refractivity contribution is 4.78. The summed E-state index contributed by atoms with van der Waals surface area (Å²) in [7, 11) is 0. The van der Waals surface area contributed by atoms with E-state index in [2.05, 4.69) is 44.8 Å². The van der Waals surface area contributed by atoms with Gasteiger partial charge < -0.3 is 5.32 Å². The van der Waals surface area contributed by atoms with Gasteiger partial charge in [-0.3, -0.25) is 4.90 Å². The molecule has 0 spiro atoms. The third kappa shape index (κ3) is 4.97. The molecule has 0 bridgehead atoms. The van der Waals surface area contributed by atoms with Crippen molar-refractivity contribution in [3.05, 3.63) is 0 Å². The largest absolute Gasteiger partial charge is 0.313 e. The van der Waals surface area contributed by atoms with Gasteiger partial charge >= 0.3 is 0 Å². The molecule has 0 aromatic heterocycles. The van der Waals surface area contributed by atoms with E-state index in [4.69, 9.17) is 0 Å². The molecule has 1 atom stereocenters. The molecular formula is C15H32N2. The number of rotatable bonds is 7. The van der Waals surface area contributed by atoms with Crippen LogP contribution in [0.15, 0.2) is 0 Å². The minimum atomic E-state index is 0.651. The Labute approximate surface area is 108 Å². The average molecular weight is 240 g/mol. The molecule has 1 fully saturated rings. The van der Waals surface area contributed by atoms with Gasteiger partial charge in [0.25, 0.3) is 0 Å². The fourth-order valence-corrected chi connectivity index (χ4v) is 3.16. The van der Waals surface area contributed by atoms with E-state index in [0.717, 1.165) is 12.5 Å². The lowest BCUT2D eigenvalue weighted by Crippen LogP contribution is -2.44. The van der Waals surface area contributed by atoms with E-state index in [-0.39, 0.29) is 0 Å². The van der Waals surface area contributed by atoms with Crippen LogP contribution >= 0.6 is 0 Å². The molecule has 0 radical (unpaired) electrons. The number of hydrogen-bond donors (Lipinski definition) is 1. The molecule has 2 nitrogen and oxygen atoms in total. The third-order valence-electron chi connectivity index (χ3n) is 4.27. The minimum Gasteiger partial charge on any atom is -0.313 e. The van der Waals surface area contributed by atoms with Crippen molar-refractivity contribution in [2.24, 2.45) is 5.92 Å². The smallest absolute Gasteiger partial charge is 0.0112 e. The van der Waals surface area contributed by atoms with E-state index in [0.29, 0.717) is 18.1 Å². The monoisotopic (exact) mass is 240 g/mol. The predicted octanol–water partition coefficient (Wildman–Crippen LogP) is 3.27. The molecule has 0 aromatic carbocycles. The fraction of sp³-hybridized carbons (Fsp3) is 1.00. The van der Waals surface area contributed by atoms with Crippen LogP contribution in [0.25, 0.3) is 0 Å². The summed E-state index contributed by atoms with van der Waals surface area (Å²) in [5.41, 5.74) is 0. The van der Waals surface area contributed by atoms with Crippen LogP contribution < -0.4 is 5.32 Å². The van der Waals surface area contributed by atoms with Crippen LogP contribution in [0.2, 0.25) is 0 Å². The third-order valence-corrected chi connectivity index (χ3v) is 4.27. The highest BCUT2D eigenvalue weighted by Crippen LogP contribution is 2.27. The van der Waals surface area contributed by atoms with Gasteiger partial charge in [-0.15, -0.1) is 0 Å². The first-order valence-corrected chi connectivity index (χ1v) is 7.51. The second-order valence-electron chi connectivity index (χ2n) is 6.21. The zero-order valence-electron chi connectivity index (χ0n) is 12.5. The maximum absolute atomic E-state index is 3.72. The van der Waals surface area contributed by atoms with Gasteiger partial charge in [0, 0.05) is 31.2 Å². The van der Waals surface area contributed by atoms with Gasteiger partial charge in [-0.25, -0.2) is 0 Å². The van der Waals surface area contributed by atoms with Crippen LogP contribution in [-0.2, 0) is 0 Å². The van der Waals surface area contributed by atoms with E-state index in [1.54, 1.807) is 0 Å². The van der Waals surface area contributed by atoms with Crippen molar-refractivity contribution >= 4 is 0 Å². The highest BCUT2D eigenvalue weighted by atomic mass is 15.2. The molecule has 2 heteroatoms. The number of hydrogen-bond acceptors (Lipinski definition) is 2. The van der Waals surface area contributed by atoms with E-state index in [9.17, 15) is 0 Å². The normalized spacial score (nSPS) is 19.8. The lowest BCUT2D eigenvalue weighted by Gasteiger charge is -2.31. The van der Waals surface area contributed by atoms with Gasteiger partial charge in [-0.05, 0) is 53.4 Å². The molecule has 102 valence electrons. The molecule has 1 N–H and O–H groups in total. The Hall–Kier alpha value is -0.0800. The van der Waals surface area contributed by atoms with Crippen molar-refractivity contribution < 1.29 is 0 Å². The summed E-state index contributed by atoms with van der Waals surface area (Å²) in [5.74, 6) is 0.932. The molecule has 0 amide bonds. The first-order chi connectivity index (χ1) is 8.02. The van der Waals surface area contributed by atoms with Gasteiger partial charge in [-0.1, -0.05) is 12.8 Å². The molecule has 0 heterocycles. The van der Waals surface area contributed by atoms with Crippen molar-refractivity contribution in [1.29, 1.82) is 0 Å². The number of nitrogens with zero attached hydrogens (tertiary/aromatic N) is 1. The predicted molar refractivity (Wildman–Crippen MR) is 76.4 cm³/mol. The molecule has 1 unspecified atom stereocenters. The van der Waals surface area contributed by atoms with Gasteiger partial charge in [-0.2, -0.15) is 0 Å². The topological polar surface area (TPSA) is 15.3 Å². The van der Waals surface area contributed by atoms with Crippen LogP contribution in [0.4, 0.5) is 0 Å². The minimum absolute atomic E-state index is 0.651. The van der Waals surface area contributed by atoms with Gasteiger partial charge in [0.2, 0.25) is 0 Å². The molecule has 1 aliphatic rings. The maximum Gasteiger partial charge on any atom is 0.0112 e. The van der Waals surface area contributed by atoms with Crippen LogP contribution in [0.1, 0.15) is 60.3 Å². The van der Waals surface area contributed by atoms with Gasteiger partial charge in [0.05, 0.1) is 0 Å². The van der Waals surface area contributed by atoms with E-state index in [1.165, 1.54) is 32.2 Å². The second kappa shape index (κ2) is 7.38. The lowest BCUT2D eigenvalue weighted by atomic mass is 10.00. The van der Waals surface area contributed by atoms with Crippen molar-refractivity contribution in [1.82, 2.24) is 10.2 Å². The number of nitrogens with one attached hydrogen (secondary N) is 1. The van der Waals surface area contributed by atoms with Crippen molar-refractivity contribution in [2.45, 2.75) is 78.4 Å². The van der Waals surface area contributed by atoms with E-state index < -0.39 is 0 Å². The van der Waals surface area contributed by atoms with Gasteiger partial charge in [0.1, 0.15) is 0 Å². The molecule has 1 rings (SSSR count). The standard InChI is InChI=1S/C15H32N2/c1-12(2)17(13(3)4)11-10-16-14(5)15-8-6-7-9-15/h12-16H,6-11H2,1-5H3. The summed E-state index contributed by atoms with van der Waals surface area (Å²) in [6, 6.07) is 2.01. The summed E-state index contributed by atoms with van der Waals surface area (Å²) >= 11 is 0. The van der Waals surface area contributed by atoms with Crippen molar-refractivity contribution in [2.75, 3.05) is 13.1 Å². The Bertz CT molecular complexity index is 187. The first kappa shape index (κ1) is 15.0. The molecule has 1 aliphatic carbocycles. The zero-order valence-corrected chi connectivity index (χ0v) is 12.5. The SMILES string of the molecule is CC(NCCN(C(C)C)C(C)C)C1CCCC1. The summed E-state index contributed by atoms with van der Waals surface area (Å²) in [6.45, 7) is 13.8. The Morgan fingerprint density at radius 3 is 2.00 bits per heavy atom. The van der Waals surface area contributed by atoms with E-state index in [1.807, 2.05) is 0 Å². The van der Waals surface area contributed by atoms with Crippen LogP contribution in [0.3, 0.4) is 0 Å². The molecule has 0 saturated heterocycles. The van der Waals surface area contributed by atoms with Crippen LogP contribution in [0, 0.1) is 5.92 Å². The van der Waals surface area contributed by atoms with Crippen molar-refractivity contribution in [3.63, 3.8) is 0 Å². The lowest BCUT2D eigenvalue weighted by molar-refractivity contribution is 0.172. The molecule has 0 aromatic rings. The first-order valence-electron chi connectivity index (χ1n) is 7.51. The van der Waals surface area contributed by atoms with E-state index >= 15 is 0 Å². The zero-order chi connectivity index (χ0) is 12.8. The average Bonchev–Trinajstić information content (AvgIpc) is 2.76. The molecule has 0 aliphatic heterocycles. The quantitative estimate of drug-likeness (QED) is 0.735. The Kier molecular flexibility index (Phi) is 6.50. The molecule has 17 heavy (non-hydrogen) atoms. The highest BCUT2D eigenvalue weighted by Gasteiger charge is 2.21. The van der Waals surface area contributed by atoms with Crippen molar-refractivity contribution in [3.8, 4) is 0 Å². The van der Waals surface area contributed by atoms with Gasteiger partial charge in [0.15, 0.2) is 0 Å². The summed E-state index contributed by atoms with van der Waals surface area (Å²) < 4.78 is 0. The summed E-state index contributed by atoms with van der Waals surface area (Å²) in [6.07, 6.45) is 5.76. The molecular weight excluding hydrogens is 208 g/mol. The van der Waals surface area contributed by atoms with Crippen LogP contribution in [-0.4, -0.2) is 36.1 Å². The Morgan fingerprint density at radius 2 is 1.53 bits per heavy atom. The molecule has 1 saturated carbocycles. The Balaban J connectivity index is 2.21. The van der Waals surface area contributed by atoms with Crippen LogP contribution in [0.5, 0.6) is 0 Å². The summed E-state index contributed by atoms with van der Waals surface area (Å²) in [4.78, 5) is 2.56. The Morgan fingerprint density at radius 1 is 1.00 bits per heavy atom. The maximum atomic E-state index is 3.72. The summed E-state index contributed by atoms with van der Waals surface area (Å²) in [5, 5.41) is 3.72.